The largest absolute Gasteiger partial charge is 0.480 e. The van der Waals surface area contributed by atoms with E-state index in [0.717, 1.165) is 4.47 Å². The summed E-state index contributed by atoms with van der Waals surface area (Å²) in [7, 11) is -1.84. The van der Waals surface area contributed by atoms with Gasteiger partial charge in [-0.05, 0) is 30.7 Å². The van der Waals surface area contributed by atoms with E-state index in [4.69, 9.17) is 4.74 Å². The molecule has 0 aliphatic rings. The van der Waals surface area contributed by atoms with Crippen LogP contribution in [0.5, 0.6) is 0 Å². The summed E-state index contributed by atoms with van der Waals surface area (Å²) < 4.78 is 5.93. The number of halogens is 1. The maximum atomic E-state index is 12.5. The van der Waals surface area contributed by atoms with Crippen molar-refractivity contribution in [2.75, 3.05) is 6.61 Å². The minimum atomic E-state index is -1.84. The average molecular weight is 373 g/mol. The molecule has 0 saturated carbocycles. The summed E-state index contributed by atoms with van der Waals surface area (Å²) in [6.07, 6.45) is 0. The third-order valence-corrected chi connectivity index (χ3v) is 5.24. The number of hydrogen-bond donors (Lipinski definition) is 1. The lowest BCUT2D eigenvalue weighted by Crippen LogP contribution is -2.49. The van der Waals surface area contributed by atoms with Crippen molar-refractivity contribution < 1.29 is 19.4 Å². The van der Waals surface area contributed by atoms with Gasteiger partial charge in [0.05, 0.1) is 6.61 Å². The Morgan fingerprint density at radius 3 is 2.14 bits per heavy atom. The summed E-state index contributed by atoms with van der Waals surface area (Å²) in [6, 6.07) is 7.15. The Balaban J connectivity index is 3.47. The molecule has 4 nitrogen and oxygen atoms in total. The predicted octanol–water partition coefficient (Wildman–Crippen LogP) is 3.67. The minimum absolute atomic E-state index is 0.163. The maximum absolute atomic E-state index is 12.5. The molecule has 0 aromatic heterocycles. The Morgan fingerprint density at radius 1 is 1.24 bits per heavy atom. The van der Waals surface area contributed by atoms with Gasteiger partial charge in [0.1, 0.15) is 0 Å². The van der Waals surface area contributed by atoms with E-state index in [1.54, 1.807) is 31.2 Å². The van der Waals surface area contributed by atoms with E-state index < -0.39 is 25.4 Å². The number of carbonyl (C=O) groups excluding carboxylic acids is 1. The monoisotopic (exact) mass is 372 g/mol. The van der Waals surface area contributed by atoms with Crippen LogP contribution in [-0.4, -0.2) is 31.7 Å². The van der Waals surface area contributed by atoms with Gasteiger partial charge in [0.2, 0.25) is 0 Å². The topological polar surface area (TPSA) is 63.6 Å². The quantitative estimate of drug-likeness (QED) is 0.470. The van der Waals surface area contributed by atoms with Gasteiger partial charge in [-0.25, -0.2) is 0 Å². The number of carboxylic acid groups (broad SMARTS) is 1. The molecule has 0 fully saturated rings. The lowest BCUT2D eigenvalue weighted by Gasteiger charge is -2.32. The predicted molar refractivity (Wildman–Crippen MR) is 88.2 cm³/mol. The van der Waals surface area contributed by atoms with Crippen LogP contribution in [0.3, 0.4) is 0 Å². The lowest BCUT2D eigenvalue weighted by atomic mass is 9.82. The SMILES string of the molecule is CCOC(=O)C(C[Si](C)(C)C)(C(=O)O)c1ccc(Br)cc1. The van der Waals surface area contributed by atoms with Gasteiger partial charge in [-0.2, -0.15) is 0 Å². The Morgan fingerprint density at radius 2 is 1.76 bits per heavy atom. The van der Waals surface area contributed by atoms with Crippen LogP contribution in [0.15, 0.2) is 28.7 Å². The number of hydrogen-bond acceptors (Lipinski definition) is 3. The molecule has 1 aromatic rings. The van der Waals surface area contributed by atoms with Crippen LogP contribution in [0, 0.1) is 0 Å². The van der Waals surface area contributed by atoms with E-state index in [1.165, 1.54) is 0 Å². The van der Waals surface area contributed by atoms with E-state index >= 15 is 0 Å². The fraction of sp³-hybridized carbons (Fsp3) is 0.467. The first kappa shape index (κ1) is 17.9. The number of benzene rings is 1. The summed E-state index contributed by atoms with van der Waals surface area (Å²) in [6.45, 7) is 7.98. The zero-order chi connectivity index (χ0) is 16.3. The molecule has 0 aliphatic carbocycles. The van der Waals surface area contributed by atoms with Crippen LogP contribution >= 0.6 is 15.9 Å². The number of carbonyl (C=O) groups is 2. The summed E-state index contributed by atoms with van der Waals surface area (Å²) in [5, 5.41) is 9.82. The normalized spacial score (nSPS) is 14.3. The maximum Gasteiger partial charge on any atom is 0.327 e. The van der Waals surface area contributed by atoms with Crippen molar-refractivity contribution in [2.24, 2.45) is 0 Å². The number of carboxylic acids is 1. The van der Waals surface area contributed by atoms with Gasteiger partial charge in [-0.1, -0.05) is 47.7 Å². The van der Waals surface area contributed by atoms with Crippen LogP contribution in [0.2, 0.25) is 25.7 Å². The first-order valence-corrected chi connectivity index (χ1v) is 11.3. The second-order valence-electron chi connectivity index (χ2n) is 6.18. The average Bonchev–Trinajstić information content (AvgIpc) is 2.35. The highest BCUT2D eigenvalue weighted by atomic mass is 79.9. The first-order chi connectivity index (χ1) is 9.63. The van der Waals surface area contributed by atoms with E-state index in [2.05, 4.69) is 15.9 Å². The molecule has 0 bridgehead atoms. The Bertz CT molecular complexity index is 521. The first-order valence-electron chi connectivity index (χ1n) is 6.80. The summed E-state index contributed by atoms with van der Waals surface area (Å²) in [4.78, 5) is 24.5. The Hall–Kier alpha value is -1.14. The molecule has 1 rings (SSSR count). The molecule has 1 unspecified atom stereocenters. The minimum Gasteiger partial charge on any atom is -0.480 e. The molecule has 1 atom stereocenters. The number of esters is 1. The molecule has 0 aliphatic heterocycles. The number of ether oxygens (including phenoxy) is 1. The fourth-order valence-corrected chi connectivity index (χ4v) is 4.72. The van der Waals surface area contributed by atoms with Gasteiger partial charge in [0.25, 0.3) is 0 Å². The van der Waals surface area contributed by atoms with E-state index in [9.17, 15) is 14.7 Å². The Kier molecular flexibility index (Phi) is 5.75. The Labute approximate surface area is 134 Å². The highest BCUT2D eigenvalue weighted by Crippen LogP contribution is 2.36. The number of rotatable bonds is 6. The third kappa shape index (κ3) is 4.17. The zero-order valence-corrected chi connectivity index (χ0v) is 15.4. The van der Waals surface area contributed by atoms with Crippen molar-refractivity contribution in [3.05, 3.63) is 34.3 Å². The second kappa shape index (κ2) is 6.75. The van der Waals surface area contributed by atoms with Crippen LogP contribution in [0.1, 0.15) is 12.5 Å². The third-order valence-electron chi connectivity index (χ3n) is 3.12. The molecule has 1 N–H and O–H groups in total. The molecule has 6 heteroatoms. The van der Waals surface area contributed by atoms with Crippen LogP contribution in [0.4, 0.5) is 0 Å². The van der Waals surface area contributed by atoms with E-state index in [-0.39, 0.29) is 6.61 Å². The highest BCUT2D eigenvalue weighted by Gasteiger charge is 2.51. The number of aliphatic carboxylic acids is 1. The van der Waals surface area contributed by atoms with Crippen molar-refractivity contribution in [3.8, 4) is 0 Å². The van der Waals surface area contributed by atoms with Gasteiger partial charge in [0, 0.05) is 12.5 Å². The second-order valence-corrected chi connectivity index (χ2v) is 12.6. The van der Waals surface area contributed by atoms with Gasteiger partial charge >= 0.3 is 11.9 Å². The molecule has 0 saturated heterocycles. The van der Waals surface area contributed by atoms with Crippen molar-refractivity contribution in [1.29, 1.82) is 0 Å². The van der Waals surface area contributed by atoms with Crippen molar-refractivity contribution >= 4 is 35.9 Å². The van der Waals surface area contributed by atoms with E-state index in [1.807, 2.05) is 19.6 Å². The van der Waals surface area contributed by atoms with Crippen LogP contribution < -0.4 is 0 Å². The van der Waals surface area contributed by atoms with Gasteiger partial charge in [-0.15, -0.1) is 0 Å². The molecular formula is C15H21BrO4Si. The summed E-state index contributed by atoms with van der Waals surface area (Å²) >= 11 is 3.32. The molecule has 1 aromatic carbocycles. The molecule has 0 radical (unpaired) electrons. The van der Waals surface area contributed by atoms with Crippen molar-refractivity contribution in [2.45, 2.75) is 38.0 Å². The molecule has 21 heavy (non-hydrogen) atoms. The zero-order valence-electron chi connectivity index (χ0n) is 12.8. The summed E-state index contributed by atoms with van der Waals surface area (Å²) in [5.74, 6) is -1.83. The van der Waals surface area contributed by atoms with Gasteiger partial charge in [0.15, 0.2) is 5.41 Å². The lowest BCUT2D eigenvalue weighted by molar-refractivity contribution is -0.160. The molecule has 0 amide bonds. The highest BCUT2D eigenvalue weighted by molar-refractivity contribution is 9.10. The van der Waals surface area contributed by atoms with Crippen LogP contribution in [-0.2, 0) is 19.7 Å². The molecule has 116 valence electrons. The smallest absolute Gasteiger partial charge is 0.327 e. The van der Waals surface area contributed by atoms with Gasteiger partial charge in [-0.3, -0.25) is 9.59 Å². The van der Waals surface area contributed by atoms with Crippen LogP contribution in [0.25, 0.3) is 0 Å². The summed E-state index contributed by atoms with van der Waals surface area (Å²) in [5.41, 5.74) is -1.15. The van der Waals surface area contributed by atoms with Gasteiger partial charge < -0.3 is 9.84 Å². The van der Waals surface area contributed by atoms with E-state index in [0.29, 0.717) is 11.6 Å². The standard InChI is InChI=1S/C15H21BrO4Si/c1-5-20-14(19)15(13(17)18,10-21(2,3)4)11-6-8-12(16)9-7-11/h6-9H,5,10H2,1-4H3,(H,17,18). The fourth-order valence-electron chi connectivity index (χ4n) is 2.36. The van der Waals surface area contributed by atoms with Crippen molar-refractivity contribution in [1.82, 2.24) is 0 Å². The molecule has 0 spiro atoms. The van der Waals surface area contributed by atoms with Crippen molar-refractivity contribution in [3.63, 3.8) is 0 Å². The molecule has 0 heterocycles. The molecular weight excluding hydrogens is 352 g/mol.